The Balaban J connectivity index is 1.64. The van der Waals surface area contributed by atoms with Crippen LogP contribution in [0.5, 0.6) is 0 Å². The van der Waals surface area contributed by atoms with Crippen LogP contribution in [0.4, 0.5) is 5.69 Å². The van der Waals surface area contributed by atoms with Crippen LogP contribution in [0.25, 0.3) is 0 Å². The summed E-state index contributed by atoms with van der Waals surface area (Å²) >= 11 is 8.91. The third kappa shape index (κ3) is 5.42. The van der Waals surface area contributed by atoms with Crippen LogP contribution in [0, 0.1) is 0 Å². The summed E-state index contributed by atoms with van der Waals surface area (Å²) in [5, 5.41) is 3.39. The summed E-state index contributed by atoms with van der Waals surface area (Å²) in [7, 11) is 0. The summed E-state index contributed by atoms with van der Waals surface area (Å²) in [6.07, 6.45) is 1.84. The van der Waals surface area contributed by atoms with E-state index in [1.165, 1.54) is 5.56 Å². The van der Waals surface area contributed by atoms with Gasteiger partial charge in [0.1, 0.15) is 6.04 Å². The molecule has 0 aromatic heterocycles. The molecule has 1 aliphatic rings. The van der Waals surface area contributed by atoms with Crippen LogP contribution in [0.15, 0.2) is 59.1 Å². The number of nitrogens with zero attached hydrogens (tertiary/aromatic N) is 2. The van der Waals surface area contributed by atoms with Gasteiger partial charge >= 0.3 is 0 Å². The summed E-state index contributed by atoms with van der Waals surface area (Å²) in [4.78, 5) is 28.9. The second-order valence-electron chi connectivity index (χ2n) is 6.92. The molecule has 1 N–H and O–H groups in total. The lowest BCUT2D eigenvalue weighted by atomic mass is 10.1. The average molecular weight is 474 g/mol. The molecule has 0 unspecified atom stereocenters. The maximum atomic E-state index is 12.8. The van der Waals surface area contributed by atoms with E-state index in [1.54, 1.807) is 4.90 Å². The van der Waals surface area contributed by atoms with Crippen LogP contribution in [-0.2, 0) is 16.0 Å². The van der Waals surface area contributed by atoms with Gasteiger partial charge < -0.3 is 10.2 Å². The number of anilines is 1. The molecule has 1 atom stereocenters. The second kappa shape index (κ2) is 9.98. The van der Waals surface area contributed by atoms with Gasteiger partial charge in [-0.05, 0) is 61.8 Å². The first-order valence-corrected chi connectivity index (χ1v) is 10.9. The highest BCUT2D eigenvalue weighted by atomic mass is 79.9. The highest BCUT2D eigenvalue weighted by Crippen LogP contribution is 2.22. The van der Waals surface area contributed by atoms with E-state index in [-0.39, 0.29) is 18.2 Å². The zero-order valence-electron chi connectivity index (χ0n) is 16.3. The molecule has 2 aromatic carbocycles. The van der Waals surface area contributed by atoms with E-state index in [2.05, 4.69) is 33.4 Å². The number of benzene rings is 2. The number of nitrogens with one attached hydrogen (secondary N) is 1. The molecule has 7 heteroatoms. The van der Waals surface area contributed by atoms with Crippen molar-refractivity contribution in [2.45, 2.75) is 32.2 Å². The Morgan fingerprint density at radius 1 is 1.14 bits per heavy atom. The van der Waals surface area contributed by atoms with Crippen molar-refractivity contribution in [1.82, 2.24) is 9.80 Å². The number of hydrogen-bond donors (Lipinski definition) is 1. The predicted molar refractivity (Wildman–Crippen MR) is 123 cm³/mol. The van der Waals surface area contributed by atoms with Gasteiger partial charge in [-0.3, -0.25) is 14.5 Å². The summed E-state index contributed by atoms with van der Waals surface area (Å²) in [5.74, 6) is -0.289. The number of rotatable bonds is 8. The number of amides is 2. The summed E-state index contributed by atoms with van der Waals surface area (Å²) in [6, 6.07) is 17.0. The van der Waals surface area contributed by atoms with Crippen molar-refractivity contribution in [1.29, 1.82) is 0 Å². The minimum Gasteiger partial charge on any atom is -0.336 e. The normalized spacial score (nSPS) is 16.4. The Morgan fingerprint density at radius 3 is 2.48 bits per heavy atom. The number of aryl methyl sites for hydroxylation is 1. The molecule has 0 bridgehead atoms. The minimum absolute atomic E-state index is 0.0802. The van der Waals surface area contributed by atoms with Crippen molar-refractivity contribution < 1.29 is 9.59 Å². The number of thiocarbonyl (C=S) groups is 1. The van der Waals surface area contributed by atoms with E-state index in [0.29, 0.717) is 23.9 Å². The summed E-state index contributed by atoms with van der Waals surface area (Å²) in [6.45, 7) is 3.06. The van der Waals surface area contributed by atoms with Gasteiger partial charge in [0.15, 0.2) is 5.11 Å². The van der Waals surface area contributed by atoms with E-state index in [4.69, 9.17) is 12.2 Å². The third-order valence-corrected chi connectivity index (χ3v) is 5.92. The van der Waals surface area contributed by atoms with E-state index in [1.807, 2.05) is 54.3 Å². The number of hydrogen-bond acceptors (Lipinski definition) is 3. The van der Waals surface area contributed by atoms with Gasteiger partial charge in [0.05, 0.1) is 6.42 Å². The van der Waals surface area contributed by atoms with Crippen molar-refractivity contribution in [2.24, 2.45) is 0 Å². The molecule has 2 aromatic rings. The van der Waals surface area contributed by atoms with Gasteiger partial charge in [0, 0.05) is 23.2 Å². The zero-order valence-corrected chi connectivity index (χ0v) is 18.7. The molecule has 29 heavy (non-hydrogen) atoms. The fourth-order valence-electron chi connectivity index (χ4n) is 3.45. The van der Waals surface area contributed by atoms with Crippen molar-refractivity contribution >= 4 is 50.8 Å². The molecule has 0 aliphatic carbocycles. The lowest BCUT2D eigenvalue weighted by Crippen LogP contribution is -2.38. The maximum absolute atomic E-state index is 12.8. The summed E-state index contributed by atoms with van der Waals surface area (Å²) in [5.41, 5.74) is 1.95. The first-order valence-electron chi connectivity index (χ1n) is 9.71. The van der Waals surface area contributed by atoms with Gasteiger partial charge in [-0.1, -0.05) is 46.3 Å². The van der Waals surface area contributed by atoms with Crippen molar-refractivity contribution in [3.63, 3.8) is 0 Å². The Morgan fingerprint density at radius 2 is 1.83 bits per heavy atom. The average Bonchev–Trinajstić information content (AvgIpc) is 2.94. The highest BCUT2D eigenvalue weighted by molar-refractivity contribution is 9.10. The highest BCUT2D eigenvalue weighted by Gasteiger charge is 2.42. The monoisotopic (exact) mass is 473 g/mol. The van der Waals surface area contributed by atoms with E-state index < -0.39 is 6.04 Å². The second-order valence-corrected chi connectivity index (χ2v) is 8.20. The first-order chi connectivity index (χ1) is 14.0. The largest absolute Gasteiger partial charge is 0.336 e. The van der Waals surface area contributed by atoms with Crippen LogP contribution < -0.4 is 5.32 Å². The van der Waals surface area contributed by atoms with E-state index >= 15 is 0 Å². The van der Waals surface area contributed by atoms with Crippen LogP contribution in [0.1, 0.15) is 25.3 Å². The number of carbonyl (C=O) groups excluding carboxylic acids is 2. The smallest absolute Gasteiger partial charge is 0.252 e. The van der Waals surface area contributed by atoms with Gasteiger partial charge in [0.2, 0.25) is 5.91 Å². The molecular weight excluding hydrogens is 450 g/mol. The first kappa shape index (κ1) is 21.5. The lowest BCUT2D eigenvalue weighted by Gasteiger charge is -2.23. The Kier molecular flexibility index (Phi) is 7.39. The molecule has 152 valence electrons. The third-order valence-electron chi connectivity index (χ3n) is 4.93. The Labute approximate surface area is 185 Å². The van der Waals surface area contributed by atoms with Crippen LogP contribution in [-0.4, -0.2) is 45.9 Å². The van der Waals surface area contributed by atoms with Crippen molar-refractivity contribution in [3.05, 3.63) is 64.6 Å². The SMILES string of the molecule is CCN1C(=O)[C@@H](CC(=O)Nc2ccc(Br)cc2)N(CCCc2ccccc2)C1=S. The van der Waals surface area contributed by atoms with Gasteiger partial charge in [0.25, 0.3) is 5.91 Å². The van der Waals surface area contributed by atoms with E-state index in [9.17, 15) is 9.59 Å². The molecule has 1 fully saturated rings. The van der Waals surface area contributed by atoms with Gasteiger partial charge in [-0.25, -0.2) is 0 Å². The Bertz CT molecular complexity index is 873. The zero-order chi connectivity index (χ0) is 20.8. The molecule has 0 spiro atoms. The number of halogens is 1. The quantitative estimate of drug-likeness (QED) is 0.582. The fraction of sp³-hybridized carbons (Fsp3) is 0.318. The van der Waals surface area contributed by atoms with Crippen molar-refractivity contribution in [3.8, 4) is 0 Å². The molecule has 0 radical (unpaired) electrons. The number of carbonyl (C=O) groups is 2. The van der Waals surface area contributed by atoms with Crippen molar-refractivity contribution in [2.75, 3.05) is 18.4 Å². The molecular formula is C22H24BrN3O2S. The summed E-state index contributed by atoms with van der Waals surface area (Å²) < 4.78 is 0.940. The van der Waals surface area contributed by atoms with E-state index in [0.717, 1.165) is 17.3 Å². The molecule has 1 heterocycles. The molecule has 1 saturated heterocycles. The van der Waals surface area contributed by atoms with Gasteiger partial charge in [-0.2, -0.15) is 0 Å². The topological polar surface area (TPSA) is 52.7 Å². The number of likely N-dealkylation sites (N-methyl/N-ethyl adjacent to an activating group) is 1. The molecule has 3 rings (SSSR count). The van der Waals surface area contributed by atoms with Gasteiger partial charge in [-0.15, -0.1) is 0 Å². The maximum Gasteiger partial charge on any atom is 0.252 e. The van der Waals surface area contributed by atoms with Crippen LogP contribution in [0.2, 0.25) is 0 Å². The fourth-order valence-corrected chi connectivity index (χ4v) is 4.16. The predicted octanol–water partition coefficient (Wildman–Crippen LogP) is 4.23. The van der Waals surface area contributed by atoms with Crippen LogP contribution in [0.3, 0.4) is 0 Å². The minimum atomic E-state index is -0.548. The molecule has 1 aliphatic heterocycles. The molecule has 5 nitrogen and oxygen atoms in total. The molecule has 0 saturated carbocycles. The van der Waals surface area contributed by atoms with Crippen LogP contribution >= 0.6 is 28.1 Å². The molecule has 2 amide bonds. The Hall–Kier alpha value is -2.25. The lowest BCUT2D eigenvalue weighted by molar-refractivity contribution is -0.130. The standard InChI is InChI=1S/C22H24BrN3O2S/c1-2-25-21(28)19(15-20(27)24-18-12-10-17(23)11-13-18)26(22(25)29)14-6-9-16-7-4-3-5-8-16/h3-5,7-8,10-13,19H,2,6,9,14-15H2,1H3,(H,24,27)/t19-/m1/s1.